The van der Waals surface area contributed by atoms with E-state index in [9.17, 15) is 13.2 Å². The van der Waals surface area contributed by atoms with Gasteiger partial charge in [0.1, 0.15) is 16.4 Å². The quantitative estimate of drug-likeness (QED) is 0.254. The lowest BCUT2D eigenvalue weighted by atomic mass is 10.1. The monoisotopic (exact) mass is 600 g/mol. The molecule has 9 nitrogen and oxygen atoms in total. The fourth-order valence-electron chi connectivity index (χ4n) is 5.22. The predicted octanol–water partition coefficient (Wildman–Crippen LogP) is 5.32. The van der Waals surface area contributed by atoms with Crippen LogP contribution in [0.25, 0.3) is 0 Å². The number of carbonyl (C=O) groups excluding carboxylic acids is 1. The minimum Gasteiger partial charge on any atom is -0.497 e. The van der Waals surface area contributed by atoms with E-state index in [1.165, 1.54) is 13.2 Å². The number of nitrogens with zero attached hydrogens (tertiary/aromatic N) is 2. The summed E-state index contributed by atoms with van der Waals surface area (Å²) in [7, 11) is -0.803. The number of ether oxygens (including phenoxy) is 2. The Balaban J connectivity index is 1.43. The van der Waals surface area contributed by atoms with Gasteiger partial charge in [-0.3, -0.25) is 4.79 Å². The van der Waals surface area contributed by atoms with Crippen LogP contribution in [0.5, 0.6) is 11.5 Å². The summed E-state index contributed by atoms with van der Waals surface area (Å²) in [4.78, 5) is 17.5. The summed E-state index contributed by atoms with van der Waals surface area (Å²) in [6.07, 6.45) is 0. The van der Waals surface area contributed by atoms with E-state index in [4.69, 9.17) is 9.47 Å². The first-order valence-corrected chi connectivity index (χ1v) is 15.6. The van der Waals surface area contributed by atoms with Crippen LogP contribution >= 0.6 is 0 Å². The van der Waals surface area contributed by atoms with Crippen LogP contribution in [0.2, 0.25) is 0 Å². The molecule has 224 valence electrons. The maximum Gasteiger partial charge on any atom is 0.255 e. The average molecular weight is 601 g/mol. The van der Waals surface area contributed by atoms with Crippen molar-refractivity contribution in [1.82, 2.24) is 4.72 Å². The van der Waals surface area contributed by atoms with E-state index in [0.29, 0.717) is 48.9 Å². The molecule has 4 aromatic carbocycles. The van der Waals surface area contributed by atoms with Gasteiger partial charge in [-0.15, -0.1) is 0 Å². The number of benzene rings is 4. The maximum atomic E-state index is 13.9. The molecule has 0 radical (unpaired) electrons. The first-order valence-electron chi connectivity index (χ1n) is 14.1. The molecule has 1 atom stereocenters. The minimum atomic E-state index is -3.99. The molecule has 1 heterocycles. The smallest absolute Gasteiger partial charge is 0.255 e. The molecule has 1 fully saturated rings. The molecule has 1 amide bonds. The zero-order valence-corrected chi connectivity index (χ0v) is 25.3. The zero-order chi connectivity index (χ0) is 30.4. The maximum absolute atomic E-state index is 13.9. The predicted molar refractivity (Wildman–Crippen MR) is 170 cm³/mol. The molecular formula is C33H36N4O5S. The molecule has 0 saturated carbocycles. The van der Waals surface area contributed by atoms with Crippen molar-refractivity contribution in [2.75, 3.05) is 55.5 Å². The van der Waals surface area contributed by atoms with Crippen molar-refractivity contribution in [2.45, 2.75) is 17.9 Å². The number of hydrogen-bond donors (Lipinski definition) is 2. The van der Waals surface area contributed by atoms with Gasteiger partial charge in [0.25, 0.3) is 5.91 Å². The lowest BCUT2D eigenvalue weighted by Crippen LogP contribution is -2.47. The number of methoxy groups -OCH3 is 2. The highest BCUT2D eigenvalue weighted by Gasteiger charge is 2.28. The van der Waals surface area contributed by atoms with Gasteiger partial charge in [-0.05, 0) is 61.0 Å². The molecule has 1 aliphatic heterocycles. The molecule has 0 bridgehead atoms. The first kappa shape index (κ1) is 29.9. The number of piperazine rings is 1. The second-order valence-corrected chi connectivity index (χ2v) is 12.0. The van der Waals surface area contributed by atoms with Crippen LogP contribution in [-0.2, 0) is 10.0 Å². The van der Waals surface area contributed by atoms with Gasteiger partial charge in [0.05, 0.1) is 25.6 Å². The summed E-state index contributed by atoms with van der Waals surface area (Å²) in [6.45, 7) is 4.38. The third-order valence-electron chi connectivity index (χ3n) is 7.52. The standard InChI is InChI=1S/C33H36N4O5S/c1-24(25-10-5-4-6-11-25)35-43(39,40)32-23-27(34-33(38)26-12-9-13-28(22-26)41-2)16-17-30(32)37-20-18-36(19-21-37)29-14-7-8-15-31(29)42-3/h4-17,22-24,35H,18-21H2,1-3H3,(H,34,38)/t24-/m1/s1. The van der Waals surface area contributed by atoms with E-state index < -0.39 is 16.1 Å². The van der Waals surface area contributed by atoms with Crippen molar-refractivity contribution in [3.05, 3.63) is 108 Å². The average Bonchev–Trinajstić information content (AvgIpc) is 3.05. The van der Waals surface area contributed by atoms with E-state index in [0.717, 1.165) is 17.0 Å². The topological polar surface area (TPSA) is 100 Å². The molecule has 2 N–H and O–H groups in total. The first-order chi connectivity index (χ1) is 20.8. The molecule has 43 heavy (non-hydrogen) atoms. The number of anilines is 3. The fraction of sp³-hybridized carbons (Fsp3) is 0.242. The van der Waals surface area contributed by atoms with Gasteiger partial charge in [-0.1, -0.05) is 48.5 Å². The van der Waals surface area contributed by atoms with Crippen molar-refractivity contribution in [3.63, 3.8) is 0 Å². The molecule has 4 aromatic rings. The number of nitrogens with one attached hydrogen (secondary N) is 2. The fourth-order valence-corrected chi connectivity index (χ4v) is 6.70. The molecule has 5 rings (SSSR count). The Bertz CT molecular complexity index is 1670. The summed E-state index contributed by atoms with van der Waals surface area (Å²) < 4.78 is 41.5. The zero-order valence-electron chi connectivity index (χ0n) is 24.5. The second-order valence-electron chi connectivity index (χ2n) is 10.3. The Hall–Kier alpha value is -4.54. The number of rotatable bonds is 10. The van der Waals surface area contributed by atoms with Gasteiger partial charge in [0, 0.05) is 43.5 Å². The Morgan fingerprint density at radius 3 is 2.14 bits per heavy atom. The van der Waals surface area contributed by atoms with Gasteiger partial charge in [-0.25, -0.2) is 13.1 Å². The van der Waals surface area contributed by atoms with E-state index >= 15 is 0 Å². The molecule has 1 aliphatic rings. The number of amides is 1. The number of para-hydroxylation sites is 2. The normalized spacial score (nSPS) is 14.2. The number of sulfonamides is 1. The van der Waals surface area contributed by atoms with Crippen molar-refractivity contribution in [3.8, 4) is 11.5 Å². The summed E-state index contributed by atoms with van der Waals surface area (Å²) in [5.41, 5.74) is 3.20. The van der Waals surface area contributed by atoms with Crippen LogP contribution in [0.3, 0.4) is 0 Å². The number of carbonyl (C=O) groups is 1. The van der Waals surface area contributed by atoms with Crippen molar-refractivity contribution < 1.29 is 22.7 Å². The summed E-state index contributed by atoms with van der Waals surface area (Å²) in [6, 6.07) is 28.6. The van der Waals surface area contributed by atoms with Crippen LogP contribution in [0, 0.1) is 0 Å². The third kappa shape index (κ3) is 6.93. The van der Waals surface area contributed by atoms with Gasteiger partial charge in [0.2, 0.25) is 10.0 Å². The molecule has 0 spiro atoms. The van der Waals surface area contributed by atoms with E-state index in [1.54, 1.807) is 43.5 Å². The Morgan fingerprint density at radius 1 is 0.767 bits per heavy atom. The Labute approximate surface area is 253 Å². The number of hydrogen-bond acceptors (Lipinski definition) is 7. The van der Waals surface area contributed by atoms with Crippen molar-refractivity contribution in [2.24, 2.45) is 0 Å². The lowest BCUT2D eigenvalue weighted by Gasteiger charge is -2.38. The van der Waals surface area contributed by atoms with Gasteiger partial charge >= 0.3 is 0 Å². The minimum absolute atomic E-state index is 0.101. The molecule has 0 aliphatic carbocycles. The highest BCUT2D eigenvalue weighted by atomic mass is 32.2. The molecule has 0 unspecified atom stereocenters. The molecular weight excluding hydrogens is 564 g/mol. The van der Waals surface area contributed by atoms with Crippen LogP contribution in [0.4, 0.5) is 17.1 Å². The molecule has 0 aromatic heterocycles. The van der Waals surface area contributed by atoms with E-state index in [2.05, 4.69) is 19.8 Å². The van der Waals surface area contributed by atoms with E-state index in [1.807, 2.05) is 61.5 Å². The highest BCUT2D eigenvalue weighted by molar-refractivity contribution is 7.89. The Morgan fingerprint density at radius 2 is 1.44 bits per heavy atom. The van der Waals surface area contributed by atoms with Crippen LogP contribution in [0.15, 0.2) is 102 Å². The van der Waals surface area contributed by atoms with Gasteiger partial charge < -0.3 is 24.6 Å². The van der Waals surface area contributed by atoms with Crippen LogP contribution < -0.4 is 29.3 Å². The largest absolute Gasteiger partial charge is 0.497 e. The van der Waals surface area contributed by atoms with Gasteiger partial charge in [-0.2, -0.15) is 0 Å². The van der Waals surface area contributed by atoms with Gasteiger partial charge in [0.15, 0.2) is 0 Å². The molecule has 1 saturated heterocycles. The molecule has 10 heteroatoms. The summed E-state index contributed by atoms with van der Waals surface area (Å²) in [5, 5.41) is 2.85. The van der Waals surface area contributed by atoms with Crippen molar-refractivity contribution >= 4 is 33.0 Å². The van der Waals surface area contributed by atoms with Crippen molar-refractivity contribution in [1.29, 1.82) is 0 Å². The van der Waals surface area contributed by atoms with Crippen LogP contribution in [-0.4, -0.2) is 54.7 Å². The van der Waals surface area contributed by atoms with E-state index in [-0.39, 0.29) is 10.8 Å². The van der Waals surface area contributed by atoms with Crippen LogP contribution in [0.1, 0.15) is 28.9 Å². The second kappa shape index (κ2) is 13.2. The Kier molecular flexibility index (Phi) is 9.18. The SMILES string of the molecule is COc1cccc(C(=O)Nc2ccc(N3CCN(c4ccccc4OC)CC3)c(S(=O)(=O)N[C@H](C)c3ccccc3)c2)c1. The highest BCUT2D eigenvalue weighted by Crippen LogP contribution is 2.33. The lowest BCUT2D eigenvalue weighted by molar-refractivity contribution is 0.102. The summed E-state index contributed by atoms with van der Waals surface area (Å²) >= 11 is 0. The summed E-state index contributed by atoms with van der Waals surface area (Å²) in [5.74, 6) is 0.984. The third-order valence-corrected chi connectivity index (χ3v) is 9.09.